The van der Waals surface area contributed by atoms with Gasteiger partial charge in [-0.25, -0.2) is 4.98 Å². The fourth-order valence-electron chi connectivity index (χ4n) is 2.27. The van der Waals surface area contributed by atoms with Crippen molar-refractivity contribution in [2.75, 3.05) is 7.11 Å². The smallest absolute Gasteiger partial charge is 0.213 e. The van der Waals surface area contributed by atoms with Crippen molar-refractivity contribution in [3.8, 4) is 0 Å². The Balaban J connectivity index is 2.29. The third-order valence-corrected chi connectivity index (χ3v) is 3.00. The highest BCUT2D eigenvalue weighted by atomic mass is 19.1. The third-order valence-electron chi connectivity index (χ3n) is 3.00. The highest BCUT2D eigenvalue weighted by molar-refractivity contribution is 5.23. The molecule has 0 unspecified atom stereocenters. The van der Waals surface area contributed by atoms with Crippen LogP contribution in [0.15, 0.2) is 18.3 Å². The molecular weight excluding hydrogens is 181 g/mol. The van der Waals surface area contributed by atoms with Gasteiger partial charge in [-0.15, -0.1) is 0 Å². The van der Waals surface area contributed by atoms with E-state index in [0.29, 0.717) is 5.92 Å². The number of hydrogen-bond acceptors (Lipinski definition) is 2. The summed E-state index contributed by atoms with van der Waals surface area (Å²) >= 11 is 0. The van der Waals surface area contributed by atoms with Crippen LogP contribution in [0.5, 0.6) is 0 Å². The molecule has 0 bridgehead atoms. The van der Waals surface area contributed by atoms with Gasteiger partial charge in [0.25, 0.3) is 0 Å². The summed E-state index contributed by atoms with van der Waals surface area (Å²) in [4.78, 5) is 3.54. The summed E-state index contributed by atoms with van der Waals surface area (Å²) in [5.41, 5.74) is 0.647. The molecular formula is C11H14FNO. The van der Waals surface area contributed by atoms with Crippen LogP contribution < -0.4 is 0 Å². The summed E-state index contributed by atoms with van der Waals surface area (Å²) in [6, 6.07) is 3.30. The number of ether oxygens (including phenoxy) is 1. The molecule has 0 amide bonds. The van der Waals surface area contributed by atoms with E-state index in [2.05, 4.69) is 11.9 Å². The van der Waals surface area contributed by atoms with Crippen LogP contribution in [0.1, 0.15) is 25.3 Å². The maximum atomic E-state index is 12.9. The number of halogens is 1. The van der Waals surface area contributed by atoms with E-state index in [1.807, 2.05) is 6.07 Å². The fraction of sp³-hybridized carbons (Fsp3) is 0.545. The standard InChI is InChI=1S/C11H14FNO/c1-8-6-11(7-8,14-2)9-3-4-13-10(12)5-9/h3-5,8H,6-7H2,1-2H3. The molecule has 3 heteroatoms. The lowest BCUT2D eigenvalue weighted by molar-refractivity contribution is -0.107. The average molecular weight is 195 g/mol. The average Bonchev–Trinajstić information content (AvgIpc) is 2.12. The van der Waals surface area contributed by atoms with Crippen LogP contribution in [0.2, 0.25) is 0 Å². The molecule has 1 saturated carbocycles. The van der Waals surface area contributed by atoms with E-state index >= 15 is 0 Å². The van der Waals surface area contributed by atoms with Crippen molar-refractivity contribution in [3.05, 3.63) is 29.8 Å². The van der Waals surface area contributed by atoms with Gasteiger partial charge in [-0.1, -0.05) is 6.92 Å². The van der Waals surface area contributed by atoms with Crippen molar-refractivity contribution in [2.45, 2.75) is 25.4 Å². The summed E-state index contributed by atoms with van der Waals surface area (Å²) < 4.78 is 18.4. The Morgan fingerprint density at radius 1 is 1.57 bits per heavy atom. The van der Waals surface area contributed by atoms with Gasteiger partial charge in [-0.05, 0) is 36.5 Å². The predicted octanol–water partition coefficient (Wildman–Crippen LogP) is 2.49. The second-order valence-corrected chi connectivity index (χ2v) is 4.08. The first-order valence-electron chi connectivity index (χ1n) is 4.83. The van der Waals surface area contributed by atoms with Crippen LogP contribution in [-0.4, -0.2) is 12.1 Å². The summed E-state index contributed by atoms with van der Waals surface area (Å²) in [5.74, 6) is 0.227. The summed E-state index contributed by atoms with van der Waals surface area (Å²) in [7, 11) is 1.68. The molecule has 2 rings (SSSR count). The normalized spacial score (nSPS) is 31.2. The fourth-order valence-corrected chi connectivity index (χ4v) is 2.27. The minimum atomic E-state index is -0.432. The van der Waals surface area contributed by atoms with E-state index in [4.69, 9.17) is 4.74 Å². The molecule has 76 valence electrons. The van der Waals surface area contributed by atoms with E-state index in [-0.39, 0.29) is 5.60 Å². The quantitative estimate of drug-likeness (QED) is 0.676. The Labute approximate surface area is 83.1 Å². The first-order valence-corrected chi connectivity index (χ1v) is 4.83. The molecule has 1 heterocycles. The molecule has 1 aliphatic rings. The summed E-state index contributed by atoms with van der Waals surface area (Å²) in [5, 5.41) is 0. The van der Waals surface area contributed by atoms with Gasteiger partial charge in [0, 0.05) is 13.3 Å². The van der Waals surface area contributed by atoms with Crippen LogP contribution in [0, 0.1) is 11.9 Å². The van der Waals surface area contributed by atoms with Crippen molar-refractivity contribution < 1.29 is 9.13 Å². The highest BCUT2D eigenvalue weighted by Gasteiger charge is 2.43. The van der Waals surface area contributed by atoms with Crippen LogP contribution in [0.4, 0.5) is 4.39 Å². The number of nitrogens with zero attached hydrogens (tertiary/aromatic N) is 1. The van der Waals surface area contributed by atoms with E-state index in [1.54, 1.807) is 7.11 Å². The molecule has 0 N–H and O–H groups in total. The zero-order valence-electron chi connectivity index (χ0n) is 8.46. The second kappa shape index (κ2) is 3.31. The minimum Gasteiger partial charge on any atom is -0.374 e. The Bertz CT molecular complexity index is 334. The lowest BCUT2D eigenvalue weighted by Crippen LogP contribution is -2.41. The summed E-state index contributed by atoms with van der Waals surface area (Å²) in [6.45, 7) is 2.18. The van der Waals surface area contributed by atoms with E-state index in [9.17, 15) is 4.39 Å². The molecule has 0 aliphatic heterocycles. The van der Waals surface area contributed by atoms with Gasteiger partial charge in [-0.2, -0.15) is 4.39 Å². The van der Waals surface area contributed by atoms with Crippen molar-refractivity contribution in [1.29, 1.82) is 0 Å². The van der Waals surface area contributed by atoms with Gasteiger partial charge in [0.05, 0.1) is 5.60 Å². The van der Waals surface area contributed by atoms with Crippen molar-refractivity contribution >= 4 is 0 Å². The van der Waals surface area contributed by atoms with Crippen molar-refractivity contribution in [3.63, 3.8) is 0 Å². The zero-order valence-corrected chi connectivity index (χ0v) is 8.46. The molecule has 0 atom stereocenters. The van der Waals surface area contributed by atoms with Gasteiger partial charge < -0.3 is 4.74 Å². The number of aromatic nitrogens is 1. The molecule has 0 aromatic carbocycles. The molecule has 1 aliphatic carbocycles. The van der Waals surface area contributed by atoms with Crippen LogP contribution >= 0.6 is 0 Å². The van der Waals surface area contributed by atoms with Crippen LogP contribution in [-0.2, 0) is 10.3 Å². The molecule has 1 aromatic rings. The van der Waals surface area contributed by atoms with E-state index in [0.717, 1.165) is 18.4 Å². The Hall–Kier alpha value is -0.960. The Kier molecular flexibility index (Phi) is 2.27. The maximum absolute atomic E-state index is 12.9. The molecule has 1 aromatic heterocycles. The molecule has 0 spiro atoms. The van der Waals surface area contributed by atoms with E-state index in [1.165, 1.54) is 12.3 Å². The Morgan fingerprint density at radius 2 is 2.29 bits per heavy atom. The molecule has 0 saturated heterocycles. The monoisotopic (exact) mass is 195 g/mol. The van der Waals surface area contributed by atoms with Gasteiger partial charge >= 0.3 is 0 Å². The lowest BCUT2D eigenvalue weighted by atomic mass is 9.68. The first kappa shape index (κ1) is 9.59. The Morgan fingerprint density at radius 3 is 2.79 bits per heavy atom. The zero-order chi connectivity index (χ0) is 10.2. The largest absolute Gasteiger partial charge is 0.374 e. The second-order valence-electron chi connectivity index (χ2n) is 4.08. The number of hydrogen-bond donors (Lipinski definition) is 0. The SMILES string of the molecule is COC1(c2ccnc(F)c2)CC(C)C1. The summed E-state index contributed by atoms with van der Waals surface area (Å²) in [6.07, 6.45) is 3.42. The molecule has 2 nitrogen and oxygen atoms in total. The maximum Gasteiger partial charge on any atom is 0.213 e. The molecule has 0 radical (unpaired) electrons. The van der Waals surface area contributed by atoms with Crippen LogP contribution in [0.25, 0.3) is 0 Å². The highest BCUT2D eigenvalue weighted by Crippen LogP contribution is 2.47. The number of methoxy groups -OCH3 is 1. The lowest BCUT2D eigenvalue weighted by Gasteiger charge is -2.45. The predicted molar refractivity (Wildman–Crippen MR) is 51.3 cm³/mol. The number of pyridine rings is 1. The third kappa shape index (κ3) is 1.42. The van der Waals surface area contributed by atoms with Crippen LogP contribution in [0.3, 0.4) is 0 Å². The number of rotatable bonds is 2. The topological polar surface area (TPSA) is 22.1 Å². The molecule has 14 heavy (non-hydrogen) atoms. The first-order chi connectivity index (χ1) is 6.66. The van der Waals surface area contributed by atoms with Gasteiger partial charge in [0.2, 0.25) is 5.95 Å². The van der Waals surface area contributed by atoms with Gasteiger partial charge in [-0.3, -0.25) is 0 Å². The molecule has 1 fully saturated rings. The van der Waals surface area contributed by atoms with Gasteiger partial charge in [0.15, 0.2) is 0 Å². The van der Waals surface area contributed by atoms with Crippen molar-refractivity contribution in [2.24, 2.45) is 5.92 Å². The van der Waals surface area contributed by atoms with E-state index < -0.39 is 5.95 Å². The van der Waals surface area contributed by atoms with Gasteiger partial charge in [0.1, 0.15) is 0 Å². The minimum absolute atomic E-state index is 0.261. The van der Waals surface area contributed by atoms with Crippen molar-refractivity contribution in [1.82, 2.24) is 4.98 Å².